The number of ether oxygens (including phenoxy) is 3. The van der Waals surface area contributed by atoms with E-state index in [0.29, 0.717) is 30.5 Å². The Balaban J connectivity index is 1.34. The van der Waals surface area contributed by atoms with Crippen LogP contribution in [0.1, 0.15) is 12.8 Å². The molecule has 2 heterocycles. The summed E-state index contributed by atoms with van der Waals surface area (Å²) in [6.07, 6.45) is 2.25. The van der Waals surface area contributed by atoms with Gasteiger partial charge in [0.05, 0.1) is 30.8 Å². The first-order valence-corrected chi connectivity index (χ1v) is 7.98. The standard InChI is InChI=1S/C16H20ClNO4/c17-14-5-1-2-6-15(14)22-13-8-18(9-13)16(19)11-20-10-12-4-3-7-21-12/h1-2,5-6,12-13H,3-4,7-11H2/t12-/m0/s1. The van der Waals surface area contributed by atoms with Gasteiger partial charge in [-0.1, -0.05) is 23.7 Å². The predicted octanol–water partition coefficient (Wildman–Crippen LogP) is 2.13. The molecule has 1 aromatic carbocycles. The lowest BCUT2D eigenvalue weighted by Crippen LogP contribution is -2.57. The monoisotopic (exact) mass is 325 g/mol. The third kappa shape index (κ3) is 3.91. The SMILES string of the molecule is O=C(COC[C@@H]1CCCO1)N1CC(Oc2ccccc2Cl)C1. The van der Waals surface area contributed by atoms with E-state index in [0.717, 1.165) is 19.4 Å². The lowest BCUT2D eigenvalue weighted by molar-refractivity contribution is -0.146. The van der Waals surface area contributed by atoms with Crippen molar-refractivity contribution in [1.29, 1.82) is 0 Å². The van der Waals surface area contributed by atoms with Gasteiger partial charge in [-0.3, -0.25) is 4.79 Å². The van der Waals surface area contributed by atoms with Crippen molar-refractivity contribution in [3.05, 3.63) is 29.3 Å². The molecule has 0 unspecified atom stereocenters. The summed E-state index contributed by atoms with van der Waals surface area (Å²) in [5, 5.41) is 0.590. The summed E-state index contributed by atoms with van der Waals surface area (Å²) >= 11 is 6.04. The van der Waals surface area contributed by atoms with E-state index < -0.39 is 0 Å². The van der Waals surface area contributed by atoms with Gasteiger partial charge in [0.15, 0.2) is 0 Å². The zero-order chi connectivity index (χ0) is 15.4. The Kier molecular flexibility index (Phi) is 5.18. The van der Waals surface area contributed by atoms with Crippen molar-refractivity contribution in [2.45, 2.75) is 25.0 Å². The molecular formula is C16H20ClNO4. The van der Waals surface area contributed by atoms with Crippen LogP contribution in [0.5, 0.6) is 5.75 Å². The van der Waals surface area contributed by atoms with Crippen molar-refractivity contribution in [2.75, 3.05) is 32.9 Å². The van der Waals surface area contributed by atoms with E-state index in [1.165, 1.54) is 0 Å². The highest BCUT2D eigenvalue weighted by atomic mass is 35.5. The molecule has 0 radical (unpaired) electrons. The van der Waals surface area contributed by atoms with Gasteiger partial charge >= 0.3 is 0 Å². The number of halogens is 1. The van der Waals surface area contributed by atoms with Crippen LogP contribution >= 0.6 is 11.6 Å². The minimum Gasteiger partial charge on any atom is -0.485 e. The molecule has 1 amide bonds. The molecule has 0 aromatic heterocycles. The average molecular weight is 326 g/mol. The first-order chi connectivity index (χ1) is 10.7. The Bertz CT molecular complexity index is 513. The molecule has 3 rings (SSSR count). The van der Waals surface area contributed by atoms with Gasteiger partial charge in [-0.15, -0.1) is 0 Å². The summed E-state index contributed by atoms with van der Waals surface area (Å²) in [6.45, 7) is 2.56. The van der Waals surface area contributed by atoms with E-state index in [1.54, 1.807) is 11.0 Å². The third-order valence-corrected chi connectivity index (χ3v) is 4.20. The molecule has 0 spiro atoms. The van der Waals surface area contributed by atoms with Crippen LogP contribution in [0.15, 0.2) is 24.3 Å². The molecule has 0 bridgehead atoms. The van der Waals surface area contributed by atoms with Crippen LogP contribution < -0.4 is 4.74 Å². The minimum absolute atomic E-state index is 0.00187. The Labute approximate surface area is 135 Å². The molecular weight excluding hydrogens is 306 g/mol. The van der Waals surface area contributed by atoms with Crippen molar-refractivity contribution in [1.82, 2.24) is 4.90 Å². The number of carbonyl (C=O) groups excluding carboxylic acids is 1. The van der Waals surface area contributed by atoms with E-state index in [1.807, 2.05) is 18.2 Å². The molecule has 1 atom stereocenters. The van der Waals surface area contributed by atoms with Gasteiger partial charge in [-0.05, 0) is 25.0 Å². The first kappa shape index (κ1) is 15.6. The number of likely N-dealkylation sites (tertiary alicyclic amines) is 1. The lowest BCUT2D eigenvalue weighted by Gasteiger charge is -2.39. The summed E-state index contributed by atoms with van der Waals surface area (Å²) < 4.78 is 16.6. The maximum Gasteiger partial charge on any atom is 0.248 e. The van der Waals surface area contributed by atoms with Gasteiger partial charge in [-0.25, -0.2) is 0 Å². The number of nitrogens with zero attached hydrogens (tertiary/aromatic N) is 1. The second-order valence-corrected chi connectivity index (χ2v) is 6.03. The van der Waals surface area contributed by atoms with E-state index in [9.17, 15) is 4.79 Å². The second-order valence-electron chi connectivity index (χ2n) is 5.62. The fourth-order valence-electron chi connectivity index (χ4n) is 2.58. The van der Waals surface area contributed by atoms with Crippen LogP contribution in [0.2, 0.25) is 5.02 Å². The Morgan fingerprint density at radius 1 is 1.36 bits per heavy atom. The maximum absolute atomic E-state index is 11.9. The first-order valence-electron chi connectivity index (χ1n) is 7.60. The Hall–Kier alpha value is -1.30. The van der Waals surface area contributed by atoms with Gasteiger partial charge in [0.1, 0.15) is 18.5 Å². The van der Waals surface area contributed by atoms with E-state index in [4.69, 9.17) is 25.8 Å². The quantitative estimate of drug-likeness (QED) is 0.804. The second kappa shape index (κ2) is 7.31. The van der Waals surface area contributed by atoms with E-state index >= 15 is 0 Å². The summed E-state index contributed by atoms with van der Waals surface area (Å²) in [5.74, 6) is 0.660. The van der Waals surface area contributed by atoms with Crippen molar-refractivity contribution in [3.63, 3.8) is 0 Å². The van der Waals surface area contributed by atoms with Crippen LogP contribution in [0.4, 0.5) is 0 Å². The number of amides is 1. The zero-order valence-corrected chi connectivity index (χ0v) is 13.1. The highest BCUT2D eigenvalue weighted by Crippen LogP contribution is 2.26. The van der Waals surface area contributed by atoms with Gasteiger partial charge in [0.25, 0.3) is 0 Å². The number of para-hydroxylation sites is 1. The molecule has 5 nitrogen and oxygen atoms in total. The summed E-state index contributed by atoms with van der Waals surface area (Å²) in [6, 6.07) is 7.36. The Morgan fingerprint density at radius 2 is 2.18 bits per heavy atom. The smallest absolute Gasteiger partial charge is 0.248 e. The van der Waals surface area contributed by atoms with Crippen LogP contribution in [0.25, 0.3) is 0 Å². The predicted molar refractivity (Wildman–Crippen MR) is 82.2 cm³/mol. The molecule has 22 heavy (non-hydrogen) atoms. The van der Waals surface area contributed by atoms with Crippen molar-refractivity contribution < 1.29 is 19.0 Å². The molecule has 2 saturated heterocycles. The Morgan fingerprint density at radius 3 is 2.91 bits per heavy atom. The molecule has 2 aliphatic rings. The topological polar surface area (TPSA) is 48.0 Å². The van der Waals surface area contributed by atoms with Gasteiger partial charge < -0.3 is 19.1 Å². The number of carbonyl (C=O) groups is 1. The van der Waals surface area contributed by atoms with Gasteiger partial charge in [0.2, 0.25) is 5.91 Å². The van der Waals surface area contributed by atoms with Crippen molar-refractivity contribution in [3.8, 4) is 5.75 Å². The van der Waals surface area contributed by atoms with E-state index in [2.05, 4.69) is 0 Å². The number of benzene rings is 1. The van der Waals surface area contributed by atoms with Gasteiger partial charge in [0, 0.05) is 6.61 Å². The molecule has 120 valence electrons. The van der Waals surface area contributed by atoms with Gasteiger partial charge in [-0.2, -0.15) is 0 Å². The van der Waals surface area contributed by atoms with Crippen LogP contribution in [0, 0.1) is 0 Å². The van der Waals surface area contributed by atoms with Crippen LogP contribution in [-0.4, -0.2) is 55.9 Å². The average Bonchev–Trinajstić information content (AvgIpc) is 2.97. The zero-order valence-electron chi connectivity index (χ0n) is 12.4. The number of hydrogen-bond acceptors (Lipinski definition) is 4. The third-order valence-electron chi connectivity index (χ3n) is 3.88. The van der Waals surface area contributed by atoms with Crippen molar-refractivity contribution >= 4 is 17.5 Å². The number of rotatable bonds is 6. The van der Waals surface area contributed by atoms with Crippen molar-refractivity contribution in [2.24, 2.45) is 0 Å². The molecule has 0 saturated carbocycles. The molecule has 2 aliphatic heterocycles. The van der Waals surface area contributed by atoms with Crippen LogP contribution in [0.3, 0.4) is 0 Å². The summed E-state index contributed by atoms with van der Waals surface area (Å²) in [7, 11) is 0. The van der Waals surface area contributed by atoms with Crippen LogP contribution in [-0.2, 0) is 14.3 Å². The fraction of sp³-hybridized carbons (Fsp3) is 0.562. The fourth-order valence-corrected chi connectivity index (χ4v) is 2.76. The normalized spacial score (nSPS) is 21.7. The molecule has 6 heteroatoms. The molecule has 0 N–H and O–H groups in total. The minimum atomic E-state index is -0.00277. The number of hydrogen-bond donors (Lipinski definition) is 0. The lowest BCUT2D eigenvalue weighted by atomic mass is 10.1. The highest BCUT2D eigenvalue weighted by Gasteiger charge is 2.32. The molecule has 0 aliphatic carbocycles. The van der Waals surface area contributed by atoms with E-state index in [-0.39, 0.29) is 24.7 Å². The molecule has 2 fully saturated rings. The highest BCUT2D eigenvalue weighted by molar-refractivity contribution is 6.32. The maximum atomic E-state index is 11.9. The summed E-state index contributed by atoms with van der Waals surface area (Å²) in [4.78, 5) is 13.7. The molecule has 1 aromatic rings. The summed E-state index contributed by atoms with van der Waals surface area (Å²) in [5.41, 5.74) is 0. The largest absolute Gasteiger partial charge is 0.485 e.